The molecule has 1 aliphatic heterocycles. The Bertz CT molecular complexity index is 1260. The zero-order chi connectivity index (χ0) is 23.4. The lowest BCUT2D eigenvalue weighted by atomic mass is 10.1. The van der Waals surface area contributed by atoms with E-state index in [1.807, 2.05) is 24.3 Å². The summed E-state index contributed by atoms with van der Waals surface area (Å²) < 4.78 is 6.75. The van der Waals surface area contributed by atoms with Crippen molar-refractivity contribution < 1.29 is 19.1 Å². The minimum Gasteiger partial charge on any atom is -0.488 e. The molecule has 0 atom stereocenters. The van der Waals surface area contributed by atoms with Gasteiger partial charge in [0.15, 0.2) is 5.78 Å². The number of halogens is 2. The van der Waals surface area contributed by atoms with Crippen LogP contribution in [0.25, 0.3) is 6.08 Å². The third kappa shape index (κ3) is 5.55. The average molecular weight is 543 g/mol. The Hall–Kier alpha value is -2.87. The van der Waals surface area contributed by atoms with E-state index >= 15 is 0 Å². The molecule has 0 bridgehead atoms. The van der Waals surface area contributed by atoms with Gasteiger partial charge in [0.05, 0.1) is 11.4 Å². The van der Waals surface area contributed by atoms with Crippen LogP contribution in [0.3, 0.4) is 0 Å². The molecule has 3 aromatic rings. The van der Waals surface area contributed by atoms with E-state index in [1.165, 1.54) is 0 Å². The van der Waals surface area contributed by atoms with Crippen LogP contribution in [0, 0.1) is 0 Å². The number of amides is 2. The van der Waals surface area contributed by atoms with Crippen molar-refractivity contribution in [3.05, 3.63) is 104 Å². The maximum atomic E-state index is 12.9. The number of carbonyl (C=O) groups excluding carboxylic acids is 3. The summed E-state index contributed by atoms with van der Waals surface area (Å²) in [5.41, 5.74) is 1.90. The lowest BCUT2D eigenvalue weighted by molar-refractivity contribution is -0.122. The fourth-order valence-corrected chi connectivity index (χ4v) is 4.57. The third-order valence-corrected chi connectivity index (χ3v) is 6.64. The molecule has 0 spiro atoms. The predicted octanol–water partition coefficient (Wildman–Crippen LogP) is 6.60. The molecule has 2 amide bonds. The summed E-state index contributed by atoms with van der Waals surface area (Å²) in [7, 11) is 0. The van der Waals surface area contributed by atoms with Crippen molar-refractivity contribution in [1.29, 1.82) is 0 Å². The summed E-state index contributed by atoms with van der Waals surface area (Å²) in [6, 6.07) is 21.3. The number of thioether (sulfide) groups is 1. The second-order valence-corrected chi connectivity index (χ2v) is 9.44. The molecule has 0 N–H and O–H groups in total. The first-order valence-corrected chi connectivity index (χ1v) is 11.9. The molecule has 33 heavy (non-hydrogen) atoms. The summed E-state index contributed by atoms with van der Waals surface area (Å²) in [6.07, 6.45) is 1.60. The van der Waals surface area contributed by atoms with E-state index in [2.05, 4.69) is 15.9 Å². The summed E-state index contributed by atoms with van der Waals surface area (Å²) in [6.45, 7) is -0.0600. The van der Waals surface area contributed by atoms with Gasteiger partial charge in [-0.1, -0.05) is 76.1 Å². The van der Waals surface area contributed by atoms with Crippen LogP contribution in [0.15, 0.2) is 82.2 Å². The molecular formula is C25H17BrClNO4S. The van der Waals surface area contributed by atoms with Crippen LogP contribution in [0.4, 0.5) is 4.79 Å². The van der Waals surface area contributed by atoms with Gasteiger partial charge in [-0.05, 0) is 42.1 Å². The van der Waals surface area contributed by atoms with Gasteiger partial charge in [-0.3, -0.25) is 19.3 Å². The summed E-state index contributed by atoms with van der Waals surface area (Å²) in [5.74, 6) is -0.276. The maximum Gasteiger partial charge on any atom is 0.293 e. The predicted molar refractivity (Wildman–Crippen MR) is 133 cm³/mol. The largest absolute Gasteiger partial charge is 0.488 e. The molecule has 4 rings (SSSR count). The van der Waals surface area contributed by atoms with Gasteiger partial charge in [-0.15, -0.1) is 0 Å². The topological polar surface area (TPSA) is 63.7 Å². The smallest absolute Gasteiger partial charge is 0.293 e. The number of rotatable bonds is 7. The number of carbonyl (C=O) groups is 3. The molecule has 0 radical (unpaired) electrons. The maximum absolute atomic E-state index is 12.9. The van der Waals surface area contributed by atoms with Crippen molar-refractivity contribution in [2.24, 2.45) is 0 Å². The van der Waals surface area contributed by atoms with Crippen LogP contribution in [-0.4, -0.2) is 28.4 Å². The SMILES string of the molecule is O=C(CN1C(=O)S/C(=C/c2cc(Br)ccc2OCc2ccccc2Cl)C1=O)c1ccccc1. The number of hydrogen-bond acceptors (Lipinski definition) is 5. The molecule has 0 aromatic heterocycles. The van der Waals surface area contributed by atoms with E-state index in [1.54, 1.807) is 54.6 Å². The number of hydrogen-bond donors (Lipinski definition) is 0. The normalized spacial score (nSPS) is 14.7. The van der Waals surface area contributed by atoms with E-state index in [0.717, 1.165) is 26.7 Å². The Morgan fingerprint density at radius 1 is 1.03 bits per heavy atom. The highest BCUT2D eigenvalue weighted by molar-refractivity contribution is 9.10. The van der Waals surface area contributed by atoms with Crippen LogP contribution in [0.2, 0.25) is 5.02 Å². The monoisotopic (exact) mass is 541 g/mol. The van der Waals surface area contributed by atoms with Crippen molar-refractivity contribution >= 4 is 62.3 Å². The Labute approximate surface area is 208 Å². The summed E-state index contributed by atoms with van der Waals surface area (Å²) in [5, 5.41) is 0.115. The molecule has 0 saturated carbocycles. The average Bonchev–Trinajstić information content (AvgIpc) is 3.07. The quantitative estimate of drug-likeness (QED) is 0.249. The van der Waals surface area contributed by atoms with Gasteiger partial charge < -0.3 is 4.74 Å². The Balaban J connectivity index is 1.54. The number of benzene rings is 3. The van der Waals surface area contributed by atoms with Crippen molar-refractivity contribution in [2.45, 2.75) is 6.61 Å². The van der Waals surface area contributed by atoms with Gasteiger partial charge in [0.2, 0.25) is 0 Å². The molecule has 1 heterocycles. The molecule has 5 nitrogen and oxygen atoms in total. The number of ketones is 1. The Morgan fingerprint density at radius 2 is 1.76 bits per heavy atom. The number of ether oxygens (including phenoxy) is 1. The molecule has 166 valence electrons. The van der Waals surface area contributed by atoms with Gasteiger partial charge in [0.25, 0.3) is 11.1 Å². The second-order valence-electron chi connectivity index (χ2n) is 7.12. The molecular weight excluding hydrogens is 526 g/mol. The first-order chi connectivity index (χ1) is 15.9. The minimum absolute atomic E-state index is 0.224. The lowest BCUT2D eigenvalue weighted by Gasteiger charge is -2.12. The highest BCUT2D eigenvalue weighted by Gasteiger charge is 2.36. The fraction of sp³-hybridized carbons (Fsp3) is 0.0800. The van der Waals surface area contributed by atoms with Crippen LogP contribution in [-0.2, 0) is 11.4 Å². The number of nitrogens with zero attached hydrogens (tertiary/aromatic N) is 1. The number of Topliss-reactive ketones (excluding diaryl/α,β-unsaturated/α-hetero) is 1. The molecule has 1 aliphatic rings. The standard InChI is InChI=1S/C25H17BrClNO4S/c26-19-10-11-22(32-15-17-8-4-5-9-20(17)27)18(12-19)13-23-24(30)28(25(31)33-23)14-21(29)16-6-2-1-3-7-16/h1-13H,14-15H2/b23-13+. The molecule has 0 aliphatic carbocycles. The second kappa shape index (κ2) is 10.4. The third-order valence-electron chi connectivity index (χ3n) is 4.87. The van der Waals surface area contributed by atoms with Crippen LogP contribution < -0.4 is 4.74 Å². The Morgan fingerprint density at radius 3 is 2.52 bits per heavy atom. The van der Waals surface area contributed by atoms with Crippen LogP contribution in [0.5, 0.6) is 5.75 Å². The van der Waals surface area contributed by atoms with Crippen LogP contribution in [0.1, 0.15) is 21.5 Å². The van der Waals surface area contributed by atoms with E-state index < -0.39 is 11.1 Å². The van der Waals surface area contributed by atoms with E-state index in [9.17, 15) is 14.4 Å². The molecule has 8 heteroatoms. The van der Waals surface area contributed by atoms with Gasteiger partial charge in [-0.25, -0.2) is 0 Å². The van der Waals surface area contributed by atoms with Crippen molar-refractivity contribution in [1.82, 2.24) is 4.90 Å². The first kappa shape index (κ1) is 23.3. The highest BCUT2D eigenvalue weighted by atomic mass is 79.9. The first-order valence-electron chi connectivity index (χ1n) is 9.92. The zero-order valence-electron chi connectivity index (χ0n) is 17.2. The summed E-state index contributed by atoms with van der Waals surface area (Å²) >= 11 is 10.4. The molecule has 1 fully saturated rings. The van der Waals surface area contributed by atoms with Crippen molar-refractivity contribution in [3.8, 4) is 5.75 Å². The summed E-state index contributed by atoms with van der Waals surface area (Å²) in [4.78, 5) is 39.1. The Kier molecular flexibility index (Phi) is 7.33. The van der Waals surface area contributed by atoms with E-state index in [4.69, 9.17) is 16.3 Å². The van der Waals surface area contributed by atoms with Gasteiger partial charge in [-0.2, -0.15) is 0 Å². The number of imide groups is 1. The minimum atomic E-state index is -0.508. The van der Waals surface area contributed by atoms with E-state index in [0.29, 0.717) is 21.9 Å². The zero-order valence-corrected chi connectivity index (χ0v) is 20.3. The molecule has 1 saturated heterocycles. The lowest BCUT2D eigenvalue weighted by Crippen LogP contribution is -2.33. The molecule has 3 aromatic carbocycles. The fourth-order valence-electron chi connectivity index (χ4n) is 3.17. The van der Waals surface area contributed by atoms with Gasteiger partial charge >= 0.3 is 0 Å². The highest BCUT2D eigenvalue weighted by Crippen LogP contribution is 2.35. The van der Waals surface area contributed by atoms with E-state index in [-0.39, 0.29) is 23.8 Å². The van der Waals surface area contributed by atoms with Crippen LogP contribution >= 0.6 is 39.3 Å². The van der Waals surface area contributed by atoms with Crippen molar-refractivity contribution in [3.63, 3.8) is 0 Å². The molecule has 0 unspecified atom stereocenters. The van der Waals surface area contributed by atoms with Crippen molar-refractivity contribution in [2.75, 3.05) is 6.54 Å². The van der Waals surface area contributed by atoms with Gasteiger partial charge in [0, 0.05) is 26.2 Å². The van der Waals surface area contributed by atoms with Gasteiger partial charge in [0.1, 0.15) is 12.4 Å².